The van der Waals surface area contributed by atoms with Crippen LogP contribution in [0.5, 0.6) is 0 Å². The number of nitrogens with two attached hydrogens (primary N) is 1. The number of nitrogens with one attached hydrogen (secondary N) is 1. The molecule has 0 aliphatic heterocycles. The molecule has 1 atom stereocenters. The minimum absolute atomic E-state index is 0.0447. The van der Waals surface area contributed by atoms with Crippen LogP contribution in [-0.2, 0) is 9.59 Å². The number of carbonyl (C=O) groups excluding carboxylic acids is 2. The minimum Gasteiger partial charge on any atom is -0.345 e. The fraction of sp³-hybridized carbons (Fsp3) is 0.778. The Labute approximate surface area is 97.1 Å². The minimum atomic E-state index is -4.45. The molecule has 0 saturated heterocycles. The molecule has 0 spiro atoms. The first kappa shape index (κ1) is 15.7. The molecule has 0 aliphatic rings. The van der Waals surface area contributed by atoms with Gasteiger partial charge in [-0.25, -0.2) is 0 Å². The van der Waals surface area contributed by atoms with E-state index in [4.69, 9.17) is 5.73 Å². The summed E-state index contributed by atoms with van der Waals surface area (Å²) in [5.74, 6) is -1.25. The van der Waals surface area contributed by atoms with E-state index in [1.807, 2.05) is 0 Å². The first-order chi connectivity index (χ1) is 7.61. The lowest BCUT2D eigenvalue weighted by Crippen LogP contribution is -2.42. The summed E-state index contributed by atoms with van der Waals surface area (Å²) in [6.45, 7) is -0.196. The van der Waals surface area contributed by atoms with E-state index in [0.717, 1.165) is 4.90 Å². The summed E-state index contributed by atoms with van der Waals surface area (Å²) < 4.78 is 35.3. The van der Waals surface area contributed by atoms with Crippen molar-refractivity contribution in [1.82, 2.24) is 10.2 Å². The summed E-state index contributed by atoms with van der Waals surface area (Å²) in [6.07, 6.45) is -4.41. The van der Waals surface area contributed by atoms with Gasteiger partial charge in [0.05, 0.1) is 6.54 Å². The van der Waals surface area contributed by atoms with Crippen LogP contribution >= 0.6 is 0 Å². The Balaban J connectivity index is 4.00. The van der Waals surface area contributed by atoms with Crippen molar-refractivity contribution >= 4 is 11.8 Å². The van der Waals surface area contributed by atoms with Crippen LogP contribution in [0.1, 0.15) is 13.3 Å². The third kappa shape index (κ3) is 8.49. The Morgan fingerprint density at radius 1 is 1.41 bits per heavy atom. The molecule has 0 bridgehead atoms. The van der Waals surface area contributed by atoms with Gasteiger partial charge in [0.25, 0.3) is 0 Å². The molecule has 1 unspecified atom stereocenters. The Morgan fingerprint density at radius 2 is 1.94 bits per heavy atom. The van der Waals surface area contributed by atoms with Crippen LogP contribution in [0.2, 0.25) is 0 Å². The number of amides is 2. The van der Waals surface area contributed by atoms with E-state index in [2.05, 4.69) is 0 Å². The van der Waals surface area contributed by atoms with Crippen LogP contribution in [-0.4, -0.2) is 49.1 Å². The second-order valence-corrected chi connectivity index (χ2v) is 3.82. The molecule has 0 aromatic heterocycles. The lowest BCUT2D eigenvalue weighted by molar-refractivity contribution is -0.141. The van der Waals surface area contributed by atoms with Crippen molar-refractivity contribution in [2.45, 2.75) is 25.6 Å². The third-order valence-corrected chi connectivity index (χ3v) is 1.79. The molecule has 0 fully saturated rings. The third-order valence-electron chi connectivity index (χ3n) is 1.79. The van der Waals surface area contributed by atoms with Crippen molar-refractivity contribution in [3.05, 3.63) is 0 Å². The number of rotatable bonds is 5. The van der Waals surface area contributed by atoms with E-state index in [0.29, 0.717) is 0 Å². The summed E-state index contributed by atoms with van der Waals surface area (Å²) in [5.41, 5.74) is 5.38. The van der Waals surface area contributed by atoms with Gasteiger partial charge in [-0.1, -0.05) is 0 Å². The zero-order valence-corrected chi connectivity index (χ0v) is 9.67. The van der Waals surface area contributed by atoms with E-state index in [1.165, 1.54) is 7.05 Å². The van der Waals surface area contributed by atoms with Gasteiger partial charge in [-0.2, -0.15) is 13.2 Å². The number of hydrogen-bond donors (Lipinski definition) is 2. The smallest absolute Gasteiger partial charge is 0.345 e. The molecule has 17 heavy (non-hydrogen) atoms. The molecule has 0 saturated carbocycles. The van der Waals surface area contributed by atoms with Gasteiger partial charge < -0.3 is 16.0 Å². The predicted molar refractivity (Wildman–Crippen MR) is 55.0 cm³/mol. The van der Waals surface area contributed by atoms with Crippen LogP contribution in [0.15, 0.2) is 0 Å². The molecule has 0 heterocycles. The summed E-state index contributed by atoms with van der Waals surface area (Å²) in [6, 6.07) is -0.358. The second kappa shape index (κ2) is 6.43. The summed E-state index contributed by atoms with van der Waals surface area (Å²) in [5, 5.41) is 1.67. The molecular formula is C9H16F3N3O2. The molecule has 8 heteroatoms. The Kier molecular flexibility index (Phi) is 5.94. The number of hydrogen-bond acceptors (Lipinski definition) is 3. The maximum Gasteiger partial charge on any atom is 0.405 e. The molecule has 0 rings (SSSR count). The monoisotopic (exact) mass is 255 g/mol. The summed E-state index contributed by atoms with van der Waals surface area (Å²) in [7, 11) is 1.33. The number of likely N-dealkylation sites (N-methyl/N-ethyl adjacent to an activating group) is 1. The largest absolute Gasteiger partial charge is 0.405 e. The maximum absolute atomic E-state index is 11.8. The van der Waals surface area contributed by atoms with Crippen molar-refractivity contribution in [2.24, 2.45) is 5.73 Å². The number of nitrogens with zero attached hydrogens (tertiary/aromatic N) is 1. The van der Waals surface area contributed by atoms with Gasteiger partial charge in [-0.3, -0.25) is 9.59 Å². The van der Waals surface area contributed by atoms with Gasteiger partial charge in [0.2, 0.25) is 11.8 Å². The van der Waals surface area contributed by atoms with E-state index >= 15 is 0 Å². The van der Waals surface area contributed by atoms with Crippen molar-refractivity contribution in [1.29, 1.82) is 0 Å². The zero-order chi connectivity index (χ0) is 13.6. The summed E-state index contributed by atoms with van der Waals surface area (Å²) >= 11 is 0. The molecule has 3 N–H and O–H groups in total. The number of carbonyl (C=O) groups is 2. The number of halogens is 3. The molecule has 0 aromatic carbocycles. The van der Waals surface area contributed by atoms with Crippen LogP contribution in [0, 0.1) is 0 Å². The fourth-order valence-corrected chi connectivity index (χ4v) is 0.990. The Morgan fingerprint density at radius 3 is 2.35 bits per heavy atom. The highest BCUT2D eigenvalue weighted by molar-refractivity contribution is 5.84. The SMILES string of the molecule is CC(N)CC(=O)N(C)CC(=O)NCC(F)(F)F. The van der Waals surface area contributed by atoms with E-state index in [9.17, 15) is 22.8 Å². The molecule has 0 radical (unpaired) electrons. The highest BCUT2D eigenvalue weighted by Crippen LogP contribution is 2.11. The molecule has 2 amide bonds. The fourth-order valence-electron chi connectivity index (χ4n) is 0.990. The maximum atomic E-state index is 11.8. The first-order valence-corrected chi connectivity index (χ1v) is 4.95. The average Bonchev–Trinajstić information content (AvgIpc) is 2.12. The number of alkyl halides is 3. The van der Waals surface area contributed by atoms with Crippen LogP contribution < -0.4 is 11.1 Å². The Hall–Kier alpha value is -1.31. The van der Waals surface area contributed by atoms with E-state index < -0.39 is 25.2 Å². The molecule has 0 aliphatic carbocycles. The second-order valence-electron chi connectivity index (χ2n) is 3.82. The molecular weight excluding hydrogens is 239 g/mol. The molecule has 5 nitrogen and oxygen atoms in total. The standard InChI is InChI=1S/C9H16F3N3O2/c1-6(13)3-8(17)15(2)4-7(16)14-5-9(10,11)12/h6H,3-5,13H2,1-2H3,(H,14,16). The van der Waals surface area contributed by atoms with Crippen LogP contribution in [0.25, 0.3) is 0 Å². The van der Waals surface area contributed by atoms with Gasteiger partial charge in [-0.05, 0) is 6.92 Å². The zero-order valence-electron chi connectivity index (χ0n) is 9.67. The van der Waals surface area contributed by atoms with Gasteiger partial charge in [0.1, 0.15) is 6.54 Å². The summed E-state index contributed by atoms with van der Waals surface area (Å²) in [4.78, 5) is 23.4. The van der Waals surface area contributed by atoms with Gasteiger partial charge in [-0.15, -0.1) is 0 Å². The predicted octanol–water partition coefficient (Wildman–Crippen LogP) is -0.139. The van der Waals surface area contributed by atoms with Crippen molar-refractivity contribution in [2.75, 3.05) is 20.1 Å². The lowest BCUT2D eigenvalue weighted by atomic mass is 10.2. The first-order valence-electron chi connectivity index (χ1n) is 4.95. The topological polar surface area (TPSA) is 75.4 Å². The van der Waals surface area contributed by atoms with Crippen molar-refractivity contribution in [3.63, 3.8) is 0 Å². The van der Waals surface area contributed by atoms with Gasteiger partial charge in [0, 0.05) is 19.5 Å². The van der Waals surface area contributed by atoms with Crippen LogP contribution in [0.3, 0.4) is 0 Å². The highest BCUT2D eigenvalue weighted by atomic mass is 19.4. The van der Waals surface area contributed by atoms with Gasteiger partial charge >= 0.3 is 6.18 Å². The Bertz CT molecular complexity index is 279. The highest BCUT2D eigenvalue weighted by Gasteiger charge is 2.28. The molecule has 100 valence electrons. The van der Waals surface area contributed by atoms with E-state index in [-0.39, 0.29) is 18.4 Å². The normalized spacial score (nSPS) is 13.1. The average molecular weight is 255 g/mol. The quantitative estimate of drug-likeness (QED) is 0.718. The molecule has 0 aromatic rings. The van der Waals surface area contributed by atoms with Crippen molar-refractivity contribution in [3.8, 4) is 0 Å². The van der Waals surface area contributed by atoms with E-state index in [1.54, 1.807) is 12.2 Å². The lowest BCUT2D eigenvalue weighted by Gasteiger charge is -2.18. The van der Waals surface area contributed by atoms with Crippen molar-refractivity contribution < 1.29 is 22.8 Å². The van der Waals surface area contributed by atoms with Gasteiger partial charge in [0.15, 0.2) is 0 Å². The van der Waals surface area contributed by atoms with Crippen LogP contribution in [0.4, 0.5) is 13.2 Å².